The summed E-state index contributed by atoms with van der Waals surface area (Å²) < 4.78 is 6.61. The van der Waals surface area contributed by atoms with Crippen LogP contribution in [0.25, 0.3) is 0 Å². The van der Waals surface area contributed by atoms with Gasteiger partial charge in [0.25, 0.3) is 0 Å². The Labute approximate surface area is 113 Å². The van der Waals surface area contributed by atoms with Gasteiger partial charge in [0.05, 0.1) is 4.92 Å². The molecular weight excluding hydrogens is 248 g/mol. The fourth-order valence-electron chi connectivity index (χ4n) is 1.95. The Morgan fingerprint density at radius 2 is 2.16 bits per heavy atom. The van der Waals surface area contributed by atoms with E-state index in [1.807, 2.05) is 6.92 Å². The molecule has 1 aromatic heterocycles. The second kappa shape index (κ2) is 7.73. The zero-order valence-electron chi connectivity index (χ0n) is 11.8. The lowest BCUT2D eigenvalue weighted by atomic mass is 10.2. The highest BCUT2D eigenvalue weighted by molar-refractivity contribution is 5.59. The van der Waals surface area contributed by atoms with Gasteiger partial charge in [0.15, 0.2) is 0 Å². The van der Waals surface area contributed by atoms with E-state index in [0.29, 0.717) is 24.6 Å². The highest BCUT2D eigenvalue weighted by atomic mass is 16.6. The summed E-state index contributed by atoms with van der Waals surface area (Å²) in [4.78, 5) is 10.7. The zero-order chi connectivity index (χ0) is 14.3. The molecule has 7 nitrogen and oxygen atoms in total. The number of unbranched alkanes of at least 4 members (excludes halogenated alkanes) is 2. The molecule has 0 aromatic carbocycles. The van der Waals surface area contributed by atoms with Gasteiger partial charge in [-0.1, -0.05) is 0 Å². The first-order valence-electron chi connectivity index (χ1n) is 6.56. The average molecular weight is 270 g/mol. The van der Waals surface area contributed by atoms with Crippen molar-refractivity contribution in [2.45, 2.75) is 39.7 Å². The van der Waals surface area contributed by atoms with E-state index in [9.17, 15) is 10.1 Å². The molecule has 1 aromatic rings. The van der Waals surface area contributed by atoms with Crippen LogP contribution in [-0.2, 0) is 11.3 Å². The van der Waals surface area contributed by atoms with Crippen molar-refractivity contribution >= 4 is 11.5 Å². The van der Waals surface area contributed by atoms with E-state index < -0.39 is 0 Å². The van der Waals surface area contributed by atoms with Crippen molar-refractivity contribution in [3.8, 4) is 0 Å². The summed E-state index contributed by atoms with van der Waals surface area (Å²) in [6.45, 7) is 5.65. The molecule has 0 saturated heterocycles. The lowest BCUT2D eigenvalue weighted by Crippen LogP contribution is -2.09. The number of nitro groups is 1. The Balaban J connectivity index is 2.58. The predicted octanol–water partition coefficient (Wildman–Crippen LogP) is 2.35. The van der Waals surface area contributed by atoms with Crippen molar-refractivity contribution in [2.75, 3.05) is 25.6 Å². The second-order valence-electron chi connectivity index (χ2n) is 4.34. The molecule has 1 N–H and O–H groups in total. The molecule has 0 saturated carbocycles. The SMILES string of the molecule is CCn1nc(C)c([N+](=O)[O-])c1NCCCCCOC. The fourth-order valence-corrected chi connectivity index (χ4v) is 1.95. The summed E-state index contributed by atoms with van der Waals surface area (Å²) in [5.41, 5.74) is 0.535. The summed E-state index contributed by atoms with van der Waals surface area (Å²) >= 11 is 0. The van der Waals surface area contributed by atoms with E-state index >= 15 is 0 Å². The number of aryl methyl sites for hydroxylation is 2. The molecule has 0 unspecified atom stereocenters. The van der Waals surface area contributed by atoms with Crippen LogP contribution in [0, 0.1) is 17.0 Å². The van der Waals surface area contributed by atoms with Gasteiger partial charge in [-0.3, -0.25) is 10.1 Å². The van der Waals surface area contributed by atoms with Crippen molar-refractivity contribution in [3.05, 3.63) is 15.8 Å². The van der Waals surface area contributed by atoms with Gasteiger partial charge >= 0.3 is 5.69 Å². The average Bonchev–Trinajstić information content (AvgIpc) is 2.69. The van der Waals surface area contributed by atoms with Gasteiger partial charge in [-0.05, 0) is 33.1 Å². The third-order valence-corrected chi connectivity index (χ3v) is 2.90. The monoisotopic (exact) mass is 270 g/mol. The molecule has 108 valence electrons. The van der Waals surface area contributed by atoms with Gasteiger partial charge in [0.1, 0.15) is 5.69 Å². The molecule has 0 aliphatic rings. The summed E-state index contributed by atoms with van der Waals surface area (Å²) in [6, 6.07) is 0. The minimum Gasteiger partial charge on any atom is -0.385 e. The normalized spacial score (nSPS) is 10.7. The Morgan fingerprint density at radius 1 is 1.42 bits per heavy atom. The predicted molar refractivity (Wildman–Crippen MR) is 73.5 cm³/mol. The number of hydrogen-bond acceptors (Lipinski definition) is 5. The molecule has 1 heterocycles. The molecule has 0 amide bonds. The van der Waals surface area contributed by atoms with Crippen LogP contribution in [0.4, 0.5) is 11.5 Å². The van der Waals surface area contributed by atoms with Crippen molar-refractivity contribution in [1.29, 1.82) is 0 Å². The molecule has 0 aliphatic carbocycles. The highest BCUT2D eigenvalue weighted by Crippen LogP contribution is 2.27. The molecule has 19 heavy (non-hydrogen) atoms. The highest BCUT2D eigenvalue weighted by Gasteiger charge is 2.24. The van der Waals surface area contributed by atoms with Crippen LogP contribution >= 0.6 is 0 Å². The number of ether oxygens (including phenoxy) is 1. The van der Waals surface area contributed by atoms with Gasteiger partial charge in [0.2, 0.25) is 5.82 Å². The van der Waals surface area contributed by atoms with Gasteiger partial charge < -0.3 is 10.1 Å². The van der Waals surface area contributed by atoms with Gasteiger partial charge in [-0.2, -0.15) is 5.10 Å². The lowest BCUT2D eigenvalue weighted by molar-refractivity contribution is -0.384. The third kappa shape index (κ3) is 4.20. The standard InChI is InChI=1S/C12H22N4O3/c1-4-15-12(11(16(17)18)10(2)14-15)13-8-6-5-7-9-19-3/h13H,4-9H2,1-3H3. The van der Waals surface area contributed by atoms with E-state index in [1.165, 1.54) is 0 Å². The zero-order valence-corrected chi connectivity index (χ0v) is 11.8. The summed E-state index contributed by atoms with van der Waals surface area (Å²) in [5.74, 6) is 0.511. The molecule has 0 aliphatic heterocycles. The molecule has 7 heteroatoms. The number of anilines is 1. The number of aromatic nitrogens is 2. The lowest BCUT2D eigenvalue weighted by Gasteiger charge is -2.07. The van der Waals surface area contributed by atoms with Gasteiger partial charge in [-0.25, -0.2) is 4.68 Å². The molecular formula is C12H22N4O3. The van der Waals surface area contributed by atoms with Crippen molar-refractivity contribution in [3.63, 3.8) is 0 Å². The van der Waals surface area contributed by atoms with E-state index in [4.69, 9.17) is 4.74 Å². The maximum absolute atomic E-state index is 11.0. The summed E-state index contributed by atoms with van der Waals surface area (Å²) in [5, 5.41) is 18.3. The molecule has 0 fully saturated rings. The third-order valence-electron chi connectivity index (χ3n) is 2.90. The number of nitrogens with one attached hydrogen (secondary N) is 1. The van der Waals surface area contributed by atoms with Gasteiger partial charge in [-0.15, -0.1) is 0 Å². The molecule has 1 rings (SSSR count). The number of rotatable bonds is 9. The van der Waals surface area contributed by atoms with Gasteiger partial charge in [0, 0.05) is 26.8 Å². The summed E-state index contributed by atoms with van der Waals surface area (Å²) in [6.07, 6.45) is 2.99. The molecule has 0 atom stereocenters. The number of nitrogens with zero attached hydrogens (tertiary/aromatic N) is 3. The maximum Gasteiger partial charge on any atom is 0.333 e. The Hall–Kier alpha value is -1.63. The van der Waals surface area contributed by atoms with Crippen LogP contribution in [0.1, 0.15) is 31.9 Å². The minimum absolute atomic E-state index is 0.0822. The van der Waals surface area contributed by atoms with E-state index in [-0.39, 0.29) is 10.6 Å². The van der Waals surface area contributed by atoms with E-state index in [1.54, 1.807) is 18.7 Å². The number of methoxy groups -OCH3 is 1. The Morgan fingerprint density at radius 3 is 2.74 bits per heavy atom. The van der Waals surface area contributed by atoms with Crippen molar-refractivity contribution in [2.24, 2.45) is 0 Å². The maximum atomic E-state index is 11.0. The van der Waals surface area contributed by atoms with Crippen LogP contribution in [0.5, 0.6) is 0 Å². The van der Waals surface area contributed by atoms with Crippen molar-refractivity contribution in [1.82, 2.24) is 9.78 Å². The fraction of sp³-hybridized carbons (Fsp3) is 0.750. The molecule has 0 bridgehead atoms. The van der Waals surface area contributed by atoms with Crippen LogP contribution < -0.4 is 5.32 Å². The minimum atomic E-state index is -0.373. The topological polar surface area (TPSA) is 82.2 Å². The largest absolute Gasteiger partial charge is 0.385 e. The first-order valence-corrected chi connectivity index (χ1v) is 6.56. The molecule has 0 spiro atoms. The Kier molecular flexibility index (Phi) is 6.27. The van der Waals surface area contributed by atoms with Crippen LogP contribution in [0.3, 0.4) is 0 Å². The summed E-state index contributed by atoms with van der Waals surface area (Å²) in [7, 11) is 1.68. The van der Waals surface area contributed by atoms with Crippen LogP contribution in [0.2, 0.25) is 0 Å². The smallest absolute Gasteiger partial charge is 0.333 e. The quantitative estimate of drug-likeness (QED) is 0.423. The molecule has 0 radical (unpaired) electrons. The Bertz CT molecular complexity index is 417. The number of hydrogen-bond donors (Lipinski definition) is 1. The van der Waals surface area contributed by atoms with E-state index in [0.717, 1.165) is 25.9 Å². The second-order valence-corrected chi connectivity index (χ2v) is 4.34. The van der Waals surface area contributed by atoms with Crippen LogP contribution in [-0.4, -0.2) is 35.0 Å². The first kappa shape index (κ1) is 15.4. The van der Waals surface area contributed by atoms with Crippen LogP contribution in [0.15, 0.2) is 0 Å². The first-order chi connectivity index (χ1) is 9.11. The van der Waals surface area contributed by atoms with E-state index in [2.05, 4.69) is 10.4 Å². The van der Waals surface area contributed by atoms with Crippen molar-refractivity contribution < 1.29 is 9.66 Å².